The molecule has 20 heavy (non-hydrogen) atoms. The Kier molecular flexibility index (Phi) is 5.17. The Hall–Kier alpha value is -1.36. The van der Waals surface area contributed by atoms with Gasteiger partial charge in [0.1, 0.15) is 17.5 Å². The Morgan fingerprint density at radius 2 is 2.15 bits per heavy atom. The molecule has 0 saturated carbocycles. The van der Waals surface area contributed by atoms with Gasteiger partial charge >= 0.3 is 0 Å². The average Bonchev–Trinajstić information content (AvgIpc) is 2.91. The van der Waals surface area contributed by atoms with Crippen molar-refractivity contribution in [1.29, 1.82) is 0 Å². The largest absolute Gasteiger partial charge is 0.394 e. The fourth-order valence-electron chi connectivity index (χ4n) is 2.81. The zero-order valence-electron chi connectivity index (χ0n) is 12.8. The molecular formula is C15H26N4O. The van der Waals surface area contributed by atoms with Gasteiger partial charge in [0, 0.05) is 25.1 Å². The van der Waals surface area contributed by atoms with Gasteiger partial charge in [0.15, 0.2) is 0 Å². The molecule has 1 saturated heterocycles. The van der Waals surface area contributed by atoms with Gasteiger partial charge in [0.2, 0.25) is 0 Å². The van der Waals surface area contributed by atoms with Gasteiger partial charge in [-0.05, 0) is 33.1 Å². The summed E-state index contributed by atoms with van der Waals surface area (Å²) in [5, 5.41) is 12.9. The topological polar surface area (TPSA) is 61.3 Å². The first-order valence-electron chi connectivity index (χ1n) is 7.70. The van der Waals surface area contributed by atoms with E-state index in [-0.39, 0.29) is 12.6 Å². The van der Waals surface area contributed by atoms with E-state index in [0.29, 0.717) is 0 Å². The molecule has 0 aromatic carbocycles. The van der Waals surface area contributed by atoms with Crippen molar-refractivity contribution in [3.63, 3.8) is 0 Å². The minimum Gasteiger partial charge on any atom is -0.394 e. The second kappa shape index (κ2) is 6.88. The molecule has 2 rings (SSSR count). The average molecular weight is 278 g/mol. The number of aryl methyl sites for hydroxylation is 1. The maximum Gasteiger partial charge on any atom is 0.137 e. The van der Waals surface area contributed by atoms with Gasteiger partial charge in [-0.1, -0.05) is 6.92 Å². The molecule has 5 nitrogen and oxygen atoms in total. The van der Waals surface area contributed by atoms with Crippen molar-refractivity contribution in [2.45, 2.75) is 52.5 Å². The van der Waals surface area contributed by atoms with E-state index in [1.165, 1.54) is 0 Å². The number of aliphatic hydroxyl groups is 1. The summed E-state index contributed by atoms with van der Waals surface area (Å²) in [5.41, 5.74) is 1.09. The minimum absolute atomic E-state index is 0.198. The predicted octanol–water partition coefficient (Wildman–Crippen LogP) is 2.13. The number of anilines is 2. The molecule has 0 aliphatic carbocycles. The van der Waals surface area contributed by atoms with Crippen molar-refractivity contribution < 1.29 is 5.11 Å². The van der Waals surface area contributed by atoms with Crippen LogP contribution in [0.25, 0.3) is 0 Å². The second-order valence-corrected chi connectivity index (χ2v) is 5.39. The molecule has 0 bridgehead atoms. The van der Waals surface area contributed by atoms with Crippen molar-refractivity contribution in [2.24, 2.45) is 0 Å². The second-order valence-electron chi connectivity index (χ2n) is 5.39. The maximum atomic E-state index is 9.53. The Labute approximate surface area is 121 Å². The van der Waals surface area contributed by atoms with Crippen molar-refractivity contribution in [3.8, 4) is 0 Å². The lowest BCUT2D eigenvalue weighted by Crippen LogP contribution is -2.34. The first kappa shape index (κ1) is 15.0. The van der Waals surface area contributed by atoms with E-state index >= 15 is 0 Å². The van der Waals surface area contributed by atoms with Crippen molar-refractivity contribution in [2.75, 3.05) is 29.9 Å². The SMILES string of the molecule is CCCc1nc(NCC)c(C)c(N2CCCC2CO)n1. The molecule has 2 heterocycles. The molecule has 1 aliphatic rings. The molecule has 1 fully saturated rings. The number of aliphatic hydroxyl groups excluding tert-OH is 1. The fraction of sp³-hybridized carbons (Fsp3) is 0.733. The Balaban J connectivity index is 2.39. The summed E-state index contributed by atoms with van der Waals surface area (Å²) in [6.07, 6.45) is 4.09. The van der Waals surface area contributed by atoms with E-state index in [0.717, 1.165) is 61.8 Å². The summed E-state index contributed by atoms with van der Waals surface area (Å²) < 4.78 is 0. The quantitative estimate of drug-likeness (QED) is 0.834. The van der Waals surface area contributed by atoms with E-state index in [4.69, 9.17) is 4.98 Å². The molecule has 0 radical (unpaired) electrons. The van der Waals surface area contributed by atoms with E-state index in [1.54, 1.807) is 0 Å². The van der Waals surface area contributed by atoms with Gasteiger partial charge < -0.3 is 15.3 Å². The lowest BCUT2D eigenvalue weighted by molar-refractivity contribution is 0.266. The van der Waals surface area contributed by atoms with Crippen LogP contribution < -0.4 is 10.2 Å². The molecule has 1 aromatic rings. The lowest BCUT2D eigenvalue weighted by Gasteiger charge is -2.27. The number of nitrogens with zero attached hydrogens (tertiary/aromatic N) is 3. The summed E-state index contributed by atoms with van der Waals surface area (Å²) in [5.74, 6) is 2.83. The highest BCUT2D eigenvalue weighted by Crippen LogP contribution is 2.30. The molecule has 0 spiro atoms. The molecule has 1 atom stereocenters. The van der Waals surface area contributed by atoms with Crippen LogP contribution in [0.15, 0.2) is 0 Å². The smallest absolute Gasteiger partial charge is 0.137 e. The van der Waals surface area contributed by atoms with Crippen LogP contribution in [0, 0.1) is 6.92 Å². The number of aromatic nitrogens is 2. The summed E-state index contributed by atoms with van der Waals surface area (Å²) in [4.78, 5) is 11.6. The van der Waals surface area contributed by atoms with Gasteiger partial charge in [-0.3, -0.25) is 0 Å². The summed E-state index contributed by atoms with van der Waals surface area (Å²) in [6.45, 7) is 8.31. The van der Waals surface area contributed by atoms with Crippen LogP contribution in [0.3, 0.4) is 0 Å². The highest BCUT2D eigenvalue weighted by molar-refractivity contribution is 5.59. The molecule has 1 unspecified atom stereocenters. The lowest BCUT2D eigenvalue weighted by atomic mass is 10.2. The maximum absolute atomic E-state index is 9.53. The predicted molar refractivity (Wildman–Crippen MR) is 82.4 cm³/mol. The fourth-order valence-corrected chi connectivity index (χ4v) is 2.81. The van der Waals surface area contributed by atoms with Crippen LogP contribution in [0.5, 0.6) is 0 Å². The first-order chi connectivity index (χ1) is 9.71. The zero-order valence-corrected chi connectivity index (χ0v) is 12.8. The van der Waals surface area contributed by atoms with Gasteiger partial charge in [-0.2, -0.15) is 0 Å². The first-order valence-corrected chi connectivity index (χ1v) is 7.70. The van der Waals surface area contributed by atoms with E-state index in [2.05, 4.69) is 36.0 Å². The van der Waals surface area contributed by atoms with Crippen LogP contribution in [-0.4, -0.2) is 40.8 Å². The van der Waals surface area contributed by atoms with Crippen molar-refractivity contribution in [3.05, 3.63) is 11.4 Å². The van der Waals surface area contributed by atoms with Gasteiger partial charge in [-0.15, -0.1) is 0 Å². The third-order valence-electron chi connectivity index (χ3n) is 3.84. The molecule has 0 amide bonds. The van der Waals surface area contributed by atoms with Crippen LogP contribution in [0.4, 0.5) is 11.6 Å². The van der Waals surface area contributed by atoms with E-state index < -0.39 is 0 Å². The van der Waals surface area contributed by atoms with Crippen molar-refractivity contribution in [1.82, 2.24) is 9.97 Å². The molecule has 1 aliphatic heterocycles. The van der Waals surface area contributed by atoms with Gasteiger partial charge in [-0.25, -0.2) is 9.97 Å². The summed E-state index contributed by atoms with van der Waals surface area (Å²) >= 11 is 0. The summed E-state index contributed by atoms with van der Waals surface area (Å²) in [6, 6.07) is 0.201. The highest BCUT2D eigenvalue weighted by Gasteiger charge is 2.27. The van der Waals surface area contributed by atoms with Crippen molar-refractivity contribution >= 4 is 11.6 Å². The minimum atomic E-state index is 0.198. The Bertz CT molecular complexity index is 450. The summed E-state index contributed by atoms with van der Waals surface area (Å²) in [7, 11) is 0. The molecule has 5 heteroatoms. The van der Waals surface area contributed by atoms with E-state index in [1.807, 2.05) is 0 Å². The number of rotatable bonds is 6. The van der Waals surface area contributed by atoms with E-state index in [9.17, 15) is 5.11 Å². The van der Waals surface area contributed by atoms with Crippen LogP contribution in [-0.2, 0) is 6.42 Å². The Morgan fingerprint density at radius 3 is 2.80 bits per heavy atom. The number of hydrogen-bond acceptors (Lipinski definition) is 5. The monoisotopic (exact) mass is 278 g/mol. The number of hydrogen-bond donors (Lipinski definition) is 2. The van der Waals surface area contributed by atoms with Gasteiger partial charge in [0.25, 0.3) is 0 Å². The standard InChI is InChI=1S/C15H26N4O/c1-4-7-13-17-14(16-5-2)11(3)15(18-13)19-9-6-8-12(19)10-20/h12,20H,4-10H2,1-3H3,(H,16,17,18). The van der Waals surface area contributed by atoms with Gasteiger partial charge in [0.05, 0.1) is 12.6 Å². The van der Waals surface area contributed by atoms with Crippen LogP contribution in [0.2, 0.25) is 0 Å². The highest BCUT2D eigenvalue weighted by atomic mass is 16.3. The third kappa shape index (κ3) is 3.03. The van der Waals surface area contributed by atoms with Crippen LogP contribution >= 0.6 is 0 Å². The zero-order chi connectivity index (χ0) is 14.5. The number of nitrogens with one attached hydrogen (secondary N) is 1. The normalized spacial score (nSPS) is 18.6. The Morgan fingerprint density at radius 1 is 1.35 bits per heavy atom. The van der Waals surface area contributed by atoms with Crippen LogP contribution in [0.1, 0.15) is 44.5 Å². The third-order valence-corrected chi connectivity index (χ3v) is 3.84. The molecule has 112 valence electrons. The molecule has 2 N–H and O–H groups in total. The molecular weight excluding hydrogens is 252 g/mol. The molecule has 1 aromatic heterocycles.